The van der Waals surface area contributed by atoms with Crippen molar-refractivity contribution < 1.29 is 19.1 Å². The molecule has 4 rings (SSSR count). The van der Waals surface area contributed by atoms with Gasteiger partial charge in [0.1, 0.15) is 11.8 Å². The Morgan fingerprint density at radius 3 is 2.52 bits per heavy atom. The van der Waals surface area contributed by atoms with Gasteiger partial charge in [0, 0.05) is 18.0 Å². The van der Waals surface area contributed by atoms with Gasteiger partial charge in [-0.15, -0.1) is 0 Å². The molecule has 1 saturated carbocycles. The summed E-state index contributed by atoms with van der Waals surface area (Å²) in [7, 11) is 0. The number of fused-ring (bicyclic) bond motifs is 1. The second-order valence-electron chi connectivity index (χ2n) is 7.66. The van der Waals surface area contributed by atoms with Crippen molar-refractivity contribution in [3.05, 3.63) is 65.7 Å². The summed E-state index contributed by atoms with van der Waals surface area (Å²) in [6.45, 7) is 2.61. The third-order valence-corrected chi connectivity index (χ3v) is 5.62. The zero-order valence-corrected chi connectivity index (χ0v) is 16.8. The van der Waals surface area contributed by atoms with E-state index >= 15 is 0 Å². The Morgan fingerprint density at radius 1 is 1.07 bits per heavy atom. The van der Waals surface area contributed by atoms with Crippen molar-refractivity contribution in [2.24, 2.45) is 0 Å². The molecule has 1 aliphatic carbocycles. The van der Waals surface area contributed by atoms with Crippen LogP contribution in [0.4, 0.5) is 0 Å². The molecule has 29 heavy (non-hydrogen) atoms. The van der Waals surface area contributed by atoms with Crippen LogP contribution in [0.1, 0.15) is 43.2 Å². The fourth-order valence-corrected chi connectivity index (χ4v) is 4.09. The van der Waals surface area contributed by atoms with E-state index < -0.39 is 6.04 Å². The average molecular weight is 393 g/mol. The van der Waals surface area contributed by atoms with Crippen molar-refractivity contribution in [3.63, 3.8) is 0 Å². The first-order valence-electron chi connectivity index (χ1n) is 10.4. The Balaban J connectivity index is 1.65. The van der Waals surface area contributed by atoms with E-state index in [1.807, 2.05) is 59.5 Å². The van der Waals surface area contributed by atoms with E-state index in [4.69, 9.17) is 9.47 Å². The van der Waals surface area contributed by atoms with Crippen LogP contribution in [-0.4, -0.2) is 42.1 Å². The van der Waals surface area contributed by atoms with Gasteiger partial charge in [-0.1, -0.05) is 48.5 Å². The maximum Gasteiger partial charge on any atom is 0.329 e. The minimum atomic E-state index is -0.604. The number of carbonyl (C=O) groups excluding carboxylic acids is 2. The summed E-state index contributed by atoms with van der Waals surface area (Å²) in [6.07, 6.45) is 2.95. The van der Waals surface area contributed by atoms with E-state index in [0.717, 1.165) is 29.7 Å². The zero-order chi connectivity index (χ0) is 20.2. The Morgan fingerprint density at radius 2 is 1.79 bits per heavy atom. The quantitative estimate of drug-likeness (QED) is 0.673. The van der Waals surface area contributed by atoms with E-state index in [1.165, 1.54) is 0 Å². The van der Waals surface area contributed by atoms with Gasteiger partial charge < -0.3 is 14.4 Å². The van der Waals surface area contributed by atoms with Gasteiger partial charge in [-0.3, -0.25) is 4.79 Å². The van der Waals surface area contributed by atoms with E-state index in [0.29, 0.717) is 26.1 Å². The first-order chi connectivity index (χ1) is 14.2. The molecule has 1 heterocycles. The van der Waals surface area contributed by atoms with Gasteiger partial charge in [-0.05, 0) is 37.8 Å². The third-order valence-electron chi connectivity index (χ3n) is 5.62. The molecule has 0 bridgehead atoms. The highest BCUT2D eigenvalue weighted by atomic mass is 16.5. The highest BCUT2D eigenvalue weighted by Crippen LogP contribution is 2.39. The summed E-state index contributed by atoms with van der Waals surface area (Å²) >= 11 is 0. The molecule has 0 radical (unpaired) electrons. The van der Waals surface area contributed by atoms with Crippen LogP contribution >= 0.6 is 0 Å². The smallest absolute Gasteiger partial charge is 0.329 e. The predicted octanol–water partition coefficient (Wildman–Crippen LogP) is 3.72. The summed E-state index contributed by atoms with van der Waals surface area (Å²) in [5, 5.41) is 0. The van der Waals surface area contributed by atoms with Crippen LogP contribution in [-0.2, 0) is 20.7 Å². The van der Waals surface area contributed by atoms with Gasteiger partial charge >= 0.3 is 5.97 Å². The number of nitrogens with zero attached hydrogens (tertiary/aromatic N) is 1. The number of amides is 1. The molecule has 2 unspecified atom stereocenters. The van der Waals surface area contributed by atoms with Crippen molar-refractivity contribution in [1.82, 2.24) is 4.90 Å². The van der Waals surface area contributed by atoms with Crippen LogP contribution in [0.15, 0.2) is 54.6 Å². The van der Waals surface area contributed by atoms with E-state index in [1.54, 1.807) is 6.92 Å². The van der Waals surface area contributed by atoms with Crippen molar-refractivity contribution in [3.8, 4) is 5.75 Å². The summed E-state index contributed by atoms with van der Waals surface area (Å²) < 4.78 is 11.1. The molecule has 0 aromatic heterocycles. The molecule has 5 nitrogen and oxygen atoms in total. The summed E-state index contributed by atoms with van der Waals surface area (Å²) in [5.41, 5.74) is 1.94. The second-order valence-corrected chi connectivity index (χ2v) is 7.66. The van der Waals surface area contributed by atoms with Crippen molar-refractivity contribution in [1.29, 1.82) is 0 Å². The molecule has 1 fully saturated rings. The maximum absolute atomic E-state index is 13.7. The number of ether oxygens (including phenoxy) is 2. The second kappa shape index (κ2) is 8.68. The van der Waals surface area contributed by atoms with Crippen molar-refractivity contribution >= 4 is 11.9 Å². The molecule has 0 saturated heterocycles. The molecular weight excluding hydrogens is 366 g/mol. The number of rotatable bonds is 7. The standard InChI is InChI=1S/C24H27NO4/c1-2-28-24(27)21(16-17-8-4-3-5-9-17)25(18-12-13-18)23(26)20-14-15-29-22-11-7-6-10-19(20)22/h3-11,18,20-21H,2,12-16H2,1H3. The Bertz CT molecular complexity index is 862. The van der Waals surface area contributed by atoms with Gasteiger partial charge in [0.15, 0.2) is 0 Å². The summed E-state index contributed by atoms with van der Waals surface area (Å²) in [5.74, 6) is 0.172. The highest BCUT2D eigenvalue weighted by Gasteiger charge is 2.44. The predicted molar refractivity (Wildman–Crippen MR) is 110 cm³/mol. The Labute approximate surface area is 171 Å². The fourth-order valence-electron chi connectivity index (χ4n) is 4.09. The summed E-state index contributed by atoms with van der Waals surface area (Å²) in [6, 6.07) is 17.1. The monoisotopic (exact) mass is 393 g/mol. The van der Waals surface area contributed by atoms with Gasteiger partial charge in [-0.2, -0.15) is 0 Å². The van der Waals surface area contributed by atoms with Crippen molar-refractivity contribution in [2.45, 2.75) is 50.6 Å². The van der Waals surface area contributed by atoms with Crippen LogP contribution in [0.25, 0.3) is 0 Å². The third kappa shape index (κ3) is 4.29. The molecule has 1 aliphatic heterocycles. The SMILES string of the molecule is CCOC(=O)C(Cc1ccccc1)N(C(=O)C1CCOc2ccccc21)C1CC1. The molecular formula is C24H27NO4. The molecule has 2 aliphatic rings. The molecule has 2 atom stereocenters. The van der Waals surface area contributed by atoms with E-state index in [9.17, 15) is 9.59 Å². The molecule has 0 spiro atoms. The van der Waals surface area contributed by atoms with E-state index in [-0.39, 0.29) is 23.8 Å². The van der Waals surface area contributed by atoms with Crippen LogP contribution in [0.2, 0.25) is 0 Å². The first-order valence-corrected chi connectivity index (χ1v) is 10.4. The van der Waals surface area contributed by atoms with Crippen LogP contribution < -0.4 is 4.74 Å². The Kier molecular flexibility index (Phi) is 5.84. The lowest BCUT2D eigenvalue weighted by Crippen LogP contribution is -2.50. The molecule has 1 amide bonds. The largest absolute Gasteiger partial charge is 0.493 e. The Hall–Kier alpha value is -2.82. The lowest BCUT2D eigenvalue weighted by atomic mass is 9.90. The number of carbonyl (C=O) groups is 2. The van der Waals surface area contributed by atoms with Crippen molar-refractivity contribution in [2.75, 3.05) is 13.2 Å². The molecule has 2 aromatic rings. The number of esters is 1. The normalized spacial score (nSPS) is 18.9. The number of para-hydroxylation sites is 1. The number of hydrogen-bond acceptors (Lipinski definition) is 4. The minimum absolute atomic E-state index is 0.0113. The number of hydrogen-bond donors (Lipinski definition) is 0. The molecule has 5 heteroatoms. The minimum Gasteiger partial charge on any atom is -0.493 e. The fraction of sp³-hybridized carbons (Fsp3) is 0.417. The lowest BCUT2D eigenvalue weighted by Gasteiger charge is -2.35. The van der Waals surface area contributed by atoms with Gasteiger partial charge in [0.05, 0.1) is 19.1 Å². The van der Waals surface area contributed by atoms with Crippen LogP contribution in [0, 0.1) is 0 Å². The molecule has 2 aromatic carbocycles. The topological polar surface area (TPSA) is 55.8 Å². The van der Waals surface area contributed by atoms with Gasteiger partial charge in [0.2, 0.25) is 5.91 Å². The lowest BCUT2D eigenvalue weighted by molar-refractivity contribution is -0.156. The molecule has 152 valence electrons. The average Bonchev–Trinajstić information content (AvgIpc) is 3.59. The van der Waals surface area contributed by atoms with Gasteiger partial charge in [0.25, 0.3) is 0 Å². The highest BCUT2D eigenvalue weighted by molar-refractivity contribution is 5.90. The van der Waals surface area contributed by atoms with Crippen LogP contribution in [0.3, 0.4) is 0 Å². The maximum atomic E-state index is 13.7. The zero-order valence-electron chi connectivity index (χ0n) is 16.8. The van der Waals surface area contributed by atoms with E-state index in [2.05, 4.69) is 0 Å². The number of benzene rings is 2. The molecule has 0 N–H and O–H groups in total. The summed E-state index contributed by atoms with van der Waals surface area (Å²) in [4.78, 5) is 28.5. The van der Waals surface area contributed by atoms with Crippen LogP contribution in [0.5, 0.6) is 5.75 Å². The van der Waals surface area contributed by atoms with Gasteiger partial charge in [-0.25, -0.2) is 4.79 Å². The first kappa shape index (κ1) is 19.5.